The Labute approximate surface area is 106 Å². The van der Waals surface area contributed by atoms with Gasteiger partial charge in [-0.25, -0.2) is 0 Å². The number of fused-ring (bicyclic) bond motifs is 1. The summed E-state index contributed by atoms with van der Waals surface area (Å²) in [5, 5.41) is 25.7. The van der Waals surface area contributed by atoms with Crippen molar-refractivity contribution in [2.24, 2.45) is 0 Å². The maximum atomic E-state index is 11.5. The zero-order valence-corrected chi connectivity index (χ0v) is 10.3. The van der Waals surface area contributed by atoms with Gasteiger partial charge in [0, 0.05) is 12.1 Å². The smallest absolute Gasteiger partial charge is 0.251 e. The Morgan fingerprint density at radius 2 is 2.22 bits per heavy atom. The van der Waals surface area contributed by atoms with E-state index in [1.54, 1.807) is 25.2 Å². The van der Waals surface area contributed by atoms with E-state index in [-0.39, 0.29) is 5.91 Å². The van der Waals surface area contributed by atoms with Crippen LogP contribution in [0.2, 0.25) is 0 Å². The van der Waals surface area contributed by atoms with Crippen LogP contribution >= 0.6 is 0 Å². The topological polar surface area (TPSA) is 81.6 Å². The quantitative estimate of drug-likeness (QED) is 0.590. The highest BCUT2D eigenvalue weighted by atomic mass is 16.3. The molecule has 1 aliphatic heterocycles. The second kappa shape index (κ2) is 5.48. The van der Waals surface area contributed by atoms with Crippen LogP contribution in [0.5, 0.6) is 0 Å². The van der Waals surface area contributed by atoms with Gasteiger partial charge in [0.25, 0.3) is 5.91 Å². The number of carbonyl (C=O) groups excluding carboxylic acids is 1. The van der Waals surface area contributed by atoms with E-state index in [9.17, 15) is 15.0 Å². The maximum absolute atomic E-state index is 11.5. The van der Waals surface area contributed by atoms with Crippen LogP contribution in [0.3, 0.4) is 0 Å². The van der Waals surface area contributed by atoms with Crippen molar-refractivity contribution in [3.63, 3.8) is 0 Å². The fraction of sp³-hybridized carbons (Fsp3) is 0.462. The van der Waals surface area contributed by atoms with Gasteiger partial charge in [0.05, 0.1) is 6.10 Å². The number of rotatable bonds is 5. The summed E-state index contributed by atoms with van der Waals surface area (Å²) in [5.41, 5.74) is 2.01. The van der Waals surface area contributed by atoms with Crippen LogP contribution < -0.4 is 10.6 Å². The number of benzene rings is 1. The number of hydrogen-bond acceptors (Lipinski definition) is 4. The van der Waals surface area contributed by atoms with E-state index >= 15 is 0 Å². The third kappa shape index (κ3) is 2.38. The molecule has 2 rings (SSSR count). The highest BCUT2D eigenvalue weighted by Crippen LogP contribution is 2.27. The molecule has 1 aromatic rings. The molecule has 0 aliphatic carbocycles. The van der Waals surface area contributed by atoms with Crippen LogP contribution in [0.1, 0.15) is 34.0 Å². The average Bonchev–Trinajstić information content (AvgIpc) is 2.77. The van der Waals surface area contributed by atoms with Gasteiger partial charge in [-0.2, -0.15) is 0 Å². The van der Waals surface area contributed by atoms with Crippen LogP contribution in [0, 0.1) is 0 Å². The average molecular weight is 250 g/mol. The van der Waals surface area contributed by atoms with Crippen LogP contribution in [0.25, 0.3) is 0 Å². The number of nitrogens with one attached hydrogen (secondary N) is 2. The van der Waals surface area contributed by atoms with Gasteiger partial charge in [-0.15, -0.1) is 0 Å². The minimum Gasteiger partial charge on any atom is -0.390 e. The third-order valence-electron chi connectivity index (χ3n) is 3.26. The third-order valence-corrected chi connectivity index (χ3v) is 3.26. The molecule has 18 heavy (non-hydrogen) atoms. The summed E-state index contributed by atoms with van der Waals surface area (Å²) in [6, 6.07) is 5.22. The number of carbonyl (C=O) groups is 1. The van der Waals surface area contributed by atoms with Crippen molar-refractivity contribution in [2.75, 3.05) is 13.6 Å². The van der Waals surface area contributed by atoms with E-state index in [0.717, 1.165) is 5.56 Å². The van der Waals surface area contributed by atoms with E-state index in [1.165, 1.54) is 0 Å². The zero-order valence-electron chi connectivity index (χ0n) is 10.3. The summed E-state index contributed by atoms with van der Waals surface area (Å²) in [6.07, 6.45) is -1.33. The lowest BCUT2D eigenvalue weighted by atomic mass is 9.95. The molecule has 1 aromatic carbocycles. The Hall–Kier alpha value is -1.43. The molecule has 0 bridgehead atoms. The first-order valence-electron chi connectivity index (χ1n) is 6.06. The molecular formula is C13H18N2O3. The van der Waals surface area contributed by atoms with Crippen LogP contribution in [0.4, 0.5) is 0 Å². The van der Waals surface area contributed by atoms with E-state index in [1.807, 2.05) is 0 Å². The molecule has 1 aliphatic rings. The summed E-state index contributed by atoms with van der Waals surface area (Å²) in [7, 11) is 1.79. The van der Waals surface area contributed by atoms with Crippen molar-refractivity contribution in [1.82, 2.24) is 10.6 Å². The van der Waals surface area contributed by atoms with Crippen molar-refractivity contribution >= 4 is 5.91 Å². The van der Waals surface area contributed by atoms with Gasteiger partial charge >= 0.3 is 0 Å². The minimum absolute atomic E-state index is 0.122. The molecule has 0 saturated carbocycles. The molecule has 0 aromatic heterocycles. The minimum atomic E-state index is -0.957. The molecule has 1 amide bonds. The zero-order chi connectivity index (χ0) is 13.1. The van der Waals surface area contributed by atoms with Gasteiger partial charge in [0.1, 0.15) is 6.10 Å². The highest BCUT2D eigenvalue weighted by Gasteiger charge is 2.27. The summed E-state index contributed by atoms with van der Waals surface area (Å²) < 4.78 is 0. The SMILES string of the molecule is CNCCC(O)C(O)c1cccc2c1CNC2=O. The number of amides is 1. The van der Waals surface area contributed by atoms with Crippen LogP contribution in [0.15, 0.2) is 18.2 Å². The van der Waals surface area contributed by atoms with Crippen molar-refractivity contribution < 1.29 is 15.0 Å². The Kier molecular flexibility index (Phi) is 3.96. The van der Waals surface area contributed by atoms with Crippen molar-refractivity contribution in [2.45, 2.75) is 25.2 Å². The number of hydrogen-bond donors (Lipinski definition) is 4. The summed E-state index contributed by atoms with van der Waals surface area (Å²) in [6.45, 7) is 1.05. The summed E-state index contributed by atoms with van der Waals surface area (Å²) >= 11 is 0. The largest absolute Gasteiger partial charge is 0.390 e. The molecule has 1 heterocycles. The molecule has 98 valence electrons. The molecule has 0 spiro atoms. The van der Waals surface area contributed by atoms with E-state index in [4.69, 9.17) is 0 Å². The standard InChI is InChI=1S/C13H18N2O3/c1-14-6-5-11(16)12(17)8-3-2-4-9-10(8)7-15-13(9)18/h2-4,11-12,14,16-17H,5-7H2,1H3,(H,15,18). The molecule has 4 N–H and O–H groups in total. The van der Waals surface area contributed by atoms with Crippen molar-refractivity contribution in [1.29, 1.82) is 0 Å². The fourth-order valence-electron chi connectivity index (χ4n) is 2.21. The second-order valence-corrected chi connectivity index (χ2v) is 4.46. The van der Waals surface area contributed by atoms with Crippen LogP contribution in [-0.2, 0) is 6.54 Å². The highest BCUT2D eigenvalue weighted by molar-refractivity contribution is 5.98. The lowest BCUT2D eigenvalue weighted by Gasteiger charge is -2.20. The number of aliphatic hydroxyl groups excluding tert-OH is 2. The Bertz CT molecular complexity index is 448. The molecular weight excluding hydrogens is 232 g/mol. The van der Waals surface area contributed by atoms with E-state index in [0.29, 0.717) is 30.6 Å². The second-order valence-electron chi connectivity index (χ2n) is 4.46. The molecule has 0 saturated heterocycles. The molecule has 2 atom stereocenters. The first kappa shape index (κ1) is 13.0. The van der Waals surface area contributed by atoms with E-state index in [2.05, 4.69) is 10.6 Å². The predicted octanol–water partition coefficient (Wildman–Crippen LogP) is -0.0662. The molecule has 0 radical (unpaired) electrons. The van der Waals surface area contributed by atoms with Gasteiger partial charge in [0.2, 0.25) is 0 Å². The van der Waals surface area contributed by atoms with Crippen molar-refractivity contribution in [3.05, 3.63) is 34.9 Å². The van der Waals surface area contributed by atoms with Gasteiger partial charge in [-0.05, 0) is 37.2 Å². The maximum Gasteiger partial charge on any atom is 0.251 e. The monoisotopic (exact) mass is 250 g/mol. The fourth-order valence-corrected chi connectivity index (χ4v) is 2.21. The van der Waals surface area contributed by atoms with Gasteiger partial charge < -0.3 is 20.8 Å². The predicted molar refractivity (Wildman–Crippen MR) is 67.1 cm³/mol. The number of aliphatic hydroxyl groups is 2. The Balaban J connectivity index is 2.21. The Morgan fingerprint density at radius 3 is 2.94 bits per heavy atom. The molecule has 2 unspecified atom stereocenters. The first-order chi connectivity index (χ1) is 8.65. The van der Waals surface area contributed by atoms with E-state index < -0.39 is 12.2 Å². The summed E-state index contributed by atoms with van der Waals surface area (Å²) in [4.78, 5) is 11.5. The van der Waals surface area contributed by atoms with Crippen LogP contribution in [-0.4, -0.2) is 35.8 Å². The molecule has 5 nitrogen and oxygen atoms in total. The molecule has 5 heteroatoms. The Morgan fingerprint density at radius 1 is 1.44 bits per heavy atom. The van der Waals surface area contributed by atoms with Gasteiger partial charge in [-0.1, -0.05) is 12.1 Å². The lowest BCUT2D eigenvalue weighted by molar-refractivity contribution is 0.0135. The lowest BCUT2D eigenvalue weighted by Crippen LogP contribution is -2.24. The van der Waals surface area contributed by atoms with Gasteiger partial charge in [-0.3, -0.25) is 4.79 Å². The summed E-state index contributed by atoms with van der Waals surface area (Å²) in [5.74, 6) is -0.122. The molecule has 0 fully saturated rings. The first-order valence-corrected chi connectivity index (χ1v) is 6.06. The normalized spacial score (nSPS) is 17.2. The van der Waals surface area contributed by atoms with Gasteiger partial charge in [0.15, 0.2) is 0 Å². The van der Waals surface area contributed by atoms with Crippen molar-refractivity contribution in [3.8, 4) is 0 Å².